The van der Waals surface area contributed by atoms with Crippen molar-refractivity contribution >= 4 is 5.97 Å². The summed E-state index contributed by atoms with van der Waals surface area (Å²) in [6, 6.07) is 0. The minimum Gasteiger partial charge on any atom is -0.493 e. The number of imidazole rings is 1. The molecule has 64 valence electrons. The van der Waals surface area contributed by atoms with Crippen LogP contribution in [0.4, 0.5) is 0 Å². The molecule has 0 radical (unpaired) electrons. The Morgan fingerprint density at radius 1 is 1.58 bits per heavy atom. The van der Waals surface area contributed by atoms with Crippen molar-refractivity contribution in [1.29, 1.82) is 0 Å². The maximum absolute atomic E-state index is 10.5. The van der Waals surface area contributed by atoms with Crippen molar-refractivity contribution in [2.24, 2.45) is 0 Å². The zero-order chi connectivity index (χ0) is 8.72. The first-order valence-corrected chi connectivity index (χ1v) is 3.72. The third kappa shape index (κ3) is 0.792. The highest BCUT2D eigenvalue weighted by Gasteiger charge is 2.24. The Labute approximate surface area is 68.3 Å². The standard InChI is InChI=1S/C7H8N2O3/c10-6-5(7(11)12)8-4-2-1-3-9(4)6/h10H,1-3H2,(H,11,12). The van der Waals surface area contributed by atoms with Crippen molar-refractivity contribution in [2.45, 2.75) is 19.4 Å². The lowest BCUT2D eigenvalue weighted by Gasteiger charge is -1.95. The smallest absolute Gasteiger partial charge is 0.360 e. The van der Waals surface area contributed by atoms with Crippen LogP contribution in [0.15, 0.2) is 0 Å². The first kappa shape index (κ1) is 7.15. The Bertz CT molecular complexity index is 343. The van der Waals surface area contributed by atoms with E-state index < -0.39 is 5.97 Å². The number of aromatic nitrogens is 2. The van der Waals surface area contributed by atoms with E-state index in [9.17, 15) is 9.90 Å². The van der Waals surface area contributed by atoms with E-state index in [0.29, 0.717) is 12.4 Å². The summed E-state index contributed by atoms with van der Waals surface area (Å²) in [6.45, 7) is 0.668. The van der Waals surface area contributed by atoms with Gasteiger partial charge in [0, 0.05) is 13.0 Å². The highest BCUT2D eigenvalue weighted by Crippen LogP contribution is 2.24. The summed E-state index contributed by atoms with van der Waals surface area (Å²) in [7, 11) is 0. The molecule has 0 atom stereocenters. The lowest BCUT2D eigenvalue weighted by Crippen LogP contribution is -1.98. The Morgan fingerprint density at radius 3 is 2.92 bits per heavy atom. The summed E-state index contributed by atoms with van der Waals surface area (Å²) in [6.07, 6.45) is 1.68. The molecule has 1 aromatic heterocycles. The SMILES string of the molecule is O=C(O)c1nc2n(c1O)CCC2. The van der Waals surface area contributed by atoms with Gasteiger partial charge in [-0.3, -0.25) is 4.57 Å². The van der Waals surface area contributed by atoms with Crippen molar-refractivity contribution in [3.05, 3.63) is 11.5 Å². The molecule has 1 aliphatic heterocycles. The Kier molecular flexibility index (Phi) is 1.33. The van der Waals surface area contributed by atoms with Crippen LogP contribution in [0.5, 0.6) is 5.88 Å². The lowest BCUT2D eigenvalue weighted by molar-refractivity contribution is 0.0687. The first-order chi connectivity index (χ1) is 5.70. The number of carboxylic acid groups (broad SMARTS) is 1. The minimum atomic E-state index is -1.17. The molecule has 0 bridgehead atoms. The Hall–Kier alpha value is -1.52. The molecule has 12 heavy (non-hydrogen) atoms. The summed E-state index contributed by atoms with van der Waals surface area (Å²) in [5.74, 6) is -0.714. The van der Waals surface area contributed by atoms with Gasteiger partial charge in [0.25, 0.3) is 0 Å². The third-order valence-electron chi connectivity index (χ3n) is 2.00. The molecule has 1 aromatic rings. The number of carbonyl (C=O) groups is 1. The molecule has 0 aliphatic carbocycles. The second kappa shape index (κ2) is 2.23. The largest absolute Gasteiger partial charge is 0.493 e. The van der Waals surface area contributed by atoms with Crippen LogP contribution in [0.2, 0.25) is 0 Å². The molecule has 1 aliphatic rings. The van der Waals surface area contributed by atoms with E-state index in [1.165, 1.54) is 0 Å². The molecule has 0 unspecified atom stereocenters. The van der Waals surface area contributed by atoms with Gasteiger partial charge in [-0.05, 0) is 6.42 Å². The van der Waals surface area contributed by atoms with E-state index in [1.807, 2.05) is 0 Å². The van der Waals surface area contributed by atoms with E-state index in [2.05, 4.69) is 4.98 Å². The normalized spacial score (nSPS) is 14.7. The molecule has 0 spiro atoms. The van der Waals surface area contributed by atoms with Crippen LogP contribution >= 0.6 is 0 Å². The molecule has 0 saturated heterocycles. The molecular weight excluding hydrogens is 160 g/mol. The van der Waals surface area contributed by atoms with Crippen LogP contribution in [0.1, 0.15) is 22.7 Å². The minimum absolute atomic E-state index is 0.213. The predicted molar refractivity (Wildman–Crippen MR) is 39.2 cm³/mol. The van der Waals surface area contributed by atoms with Crippen LogP contribution in [-0.4, -0.2) is 25.7 Å². The molecular formula is C7H8N2O3. The fourth-order valence-corrected chi connectivity index (χ4v) is 1.45. The highest BCUT2D eigenvalue weighted by molar-refractivity contribution is 5.88. The van der Waals surface area contributed by atoms with Gasteiger partial charge >= 0.3 is 5.97 Å². The van der Waals surface area contributed by atoms with E-state index in [0.717, 1.165) is 12.8 Å². The number of fused-ring (bicyclic) bond motifs is 1. The van der Waals surface area contributed by atoms with Crippen LogP contribution in [-0.2, 0) is 13.0 Å². The van der Waals surface area contributed by atoms with Gasteiger partial charge in [-0.15, -0.1) is 0 Å². The van der Waals surface area contributed by atoms with E-state index in [1.54, 1.807) is 4.57 Å². The molecule has 5 heteroatoms. The molecule has 0 saturated carbocycles. The summed E-state index contributed by atoms with van der Waals surface area (Å²) < 4.78 is 1.55. The Morgan fingerprint density at radius 2 is 2.33 bits per heavy atom. The van der Waals surface area contributed by atoms with Gasteiger partial charge in [0.1, 0.15) is 5.82 Å². The molecule has 0 amide bonds. The third-order valence-corrected chi connectivity index (χ3v) is 2.00. The van der Waals surface area contributed by atoms with Crippen LogP contribution in [0.3, 0.4) is 0 Å². The van der Waals surface area contributed by atoms with Crippen molar-refractivity contribution < 1.29 is 15.0 Å². The summed E-state index contributed by atoms with van der Waals surface area (Å²) in [4.78, 5) is 14.3. The Balaban J connectivity index is 2.54. The quantitative estimate of drug-likeness (QED) is 0.629. The van der Waals surface area contributed by atoms with Crippen molar-refractivity contribution in [3.8, 4) is 5.88 Å². The number of hydrogen-bond acceptors (Lipinski definition) is 3. The number of aromatic carboxylic acids is 1. The molecule has 0 fully saturated rings. The van der Waals surface area contributed by atoms with Crippen molar-refractivity contribution in [1.82, 2.24) is 9.55 Å². The molecule has 5 nitrogen and oxygen atoms in total. The maximum Gasteiger partial charge on any atom is 0.360 e. The average molecular weight is 168 g/mol. The van der Waals surface area contributed by atoms with Crippen molar-refractivity contribution in [3.63, 3.8) is 0 Å². The van der Waals surface area contributed by atoms with Gasteiger partial charge in [0.2, 0.25) is 11.6 Å². The zero-order valence-corrected chi connectivity index (χ0v) is 6.32. The molecule has 2 heterocycles. The number of aryl methyl sites for hydroxylation is 1. The second-order valence-corrected chi connectivity index (χ2v) is 2.76. The zero-order valence-electron chi connectivity index (χ0n) is 6.32. The van der Waals surface area contributed by atoms with Gasteiger partial charge in [0.15, 0.2) is 0 Å². The first-order valence-electron chi connectivity index (χ1n) is 3.72. The summed E-state index contributed by atoms with van der Waals surface area (Å²) in [5, 5.41) is 17.9. The monoisotopic (exact) mass is 168 g/mol. The predicted octanol–water partition coefficient (Wildman–Crippen LogP) is 0.233. The molecule has 2 rings (SSSR count). The van der Waals surface area contributed by atoms with E-state index in [-0.39, 0.29) is 11.6 Å². The van der Waals surface area contributed by atoms with Crippen LogP contribution in [0, 0.1) is 0 Å². The topological polar surface area (TPSA) is 75.3 Å². The van der Waals surface area contributed by atoms with E-state index in [4.69, 9.17) is 5.11 Å². The fourth-order valence-electron chi connectivity index (χ4n) is 1.45. The van der Waals surface area contributed by atoms with Gasteiger partial charge in [-0.1, -0.05) is 0 Å². The van der Waals surface area contributed by atoms with Crippen molar-refractivity contribution in [2.75, 3.05) is 0 Å². The molecule has 2 N–H and O–H groups in total. The summed E-state index contributed by atoms with van der Waals surface area (Å²) >= 11 is 0. The number of aromatic hydroxyl groups is 1. The highest BCUT2D eigenvalue weighted by atomic mass is 16.4. The lowest BCUT2D eigenvalue weighted by atomic mass is 10.3. The van der Waals surface area contributed by atoms with Crippen LogP contribution in [0.25, 0.3) is 0 Å². The number of rotatable bonds is 1. The molecule has 0 aromatic carbocycles. The van der Waals surface area contributed by atoms with Gasteiger partial charge in [-0.25, -0.2) is 9.78 Å². The van der Waals surface area contributed by atoms with E-state index >= 15 is 0 Å². The summed E-state index contributed by atoms with van der Waals surface area (Å²) in [5.41, 5.74) is -0.232. The number of hydrogen-bond donors (Lipinski definition) is 2. The number of nitrogens with zero attached hydrogens (tertiary/aromatic N) is 2. The number of carboxylic acids is 1. The van der Waals surface area contributed by atoms with Gasteiger partial charge < -0.3 is 10.2 Å². The maximum atomic E-state index is 10.5. The van der Waals surface area contributed by atoms with Gasteiger partial charge in [0.05, 0.1) is 0 Å². The fraction of sp³-hybridized carbons (Fsp3) is 0.429. The second-order valence-electron chi connectivity index (χ2n) is 2.76. The van der Waals surface area contributed by atoms with Gasteiger partial charge in [-0.2, -0.15) is 0 Å². The average Bonchev–Trinajstić information content (AvgIpc) is 2.53. The van der Waals surface area contributed by atoms with Crippen LogP contribution < -0.4 is 0 Å².